The van der Waals surface area contributed by atoms with Crippen molar-refractivity contribution in [2.75, 3.05) is 13.2 Å². The fourth-order valence-electron chi connectivity index (χ4n) is 2.57. The average molecular weight is 311 g/mol. The topological polar surface area (TPSA) is 66.8 Å². The standard InChI is InChI=1S/C18H17NO4/c1-12-5-4-6-14(9-12)23-11-13(20)10-19-17(21)15-7-2-3-8-16(15)18(19)22/h2-9,13,20H,10-11H2,1H3/t13-/m0/s1. The zero-order valence-corrected chi connectivity index (χ0v) is 12.7. The van der Waals surface area contributed by atoms with E-state index >= 15 is 0 Å². The van der Waals surface area contributed by atoms with Gasteiger partial charge in [0.05, 0.1) is 17.7 Å². The summed E-state index contributed by atoms with van der Waals surface area (Å²) in [4.78, 5) is 25.5. The molecule has 5 nitrogen and oxygen atoms in total. The van der Waals surface area contributed by atoms with E-state index in [9.17, 15) is 14.7 Å². The second-order valence-corrected chi connectivity index (χ2v) is 5.55. The fourth-order valence-corrected chi connectivity index (χ4v) is 2.57. The van der Waals surface area contributed by atoms with Crippen molar-refractivity contribution in [3.8, 4) is 5.75 Å². The van der Waals surface area contributed by atoms with Gasteiger partial charge >= 0.3 is 0 Å². The third kappa shape index (κ3) is 3.10. The lowest BCUT2D eigenvalue weighted by molar-refractivity contribution is 0.0457. The van der Waals surface area contributed by atoms with Crippen molar-refractivity contribution >= 4 is 11.8 Å². The summed E-state index contributed by atoms with van der Waals surface area (Å²) in [6.07, 6.45) is -0.947. The number of hydrogen-bond acceptors (Lipinski definition) is 4. The zero-order valence-electron chi connectivity index (χ0n) is 12.7. The molecule has 118 valence electrons. The molecule has 0 bridgehead atoms. The zero-order chi connectivity index (χ0) is 16.4. The number of benzene rings is 2. The average Bonchev–Trinajstić information content (AvgIpc) is 2.79. The molecule has 0 saturated heterocycles. The highest BCUT2D eigenvalue weighted by Gasteiger charge is 2.36. The molecule has 3 rings (SSSR count). The molecule has 1 aliphatic heterocycles. The summed E-state index contributed by atoms with van der Waals surface area (Å²) in [7, 11) is 0. The van der Waals surface area contributed by atoms with Gasteiger partial charge in [-0.2, -0.15) is 0 Å². The van der Waals surface area contributed by atoms with E-state index in [-0.39, 0.29) is 25.0 Å². The number of imide groups is 1. The first-order valence-corrected chi connectivity index (χ1v) is 7.39. The summed E-state index contributed by atoms with van der Waals surface area (Å²) < 4.78 is 5.51. The molecule has 2 amide bonds. The summed E-state index contributed by atoms with van der Waals surface area (Å²) in [5.41, 5.74) is 1.81. The van der Waals surface area contributed by atoms with Crippen LogP contribution in [0.1, 0.15) is 26.3 Å². The highest BCUT2D eigenvalue weighted by Crippen LogP contribution is 2.22. The monoisotopic (exact) mass is 311 g/mol. The second kappa shape index (κ2) is 6.22. The Bertz CT molecular complexity index is 721. The second-order valence-electron chi connectivity index (χ2n) is 5.55. The molecule has 0 aromatic heterocycles. The Balaban J connectivity index is 1.62. The van der Waals surface area contributed by atoms with Crippen molar-refractivity contribution in [1.82, 2.24) is 4.90 Å². The minimum atomic E-state index is -0.947. The molecule has 0 radical (unpaired) electrons. The van der Waals surface area contributed by atoms with Gasteiger partial charge < -0.3 is 9.84 Å². The molecule has 2 aromatic carbocycles. The summed E-state index contributed by atoms with van der Waals surface area (Å²) >= 11 is 0. The summed E-state index contributed by atoms with van der Waals surface area (Å²) in [6, 6.07) is 14.1. The number of carbonyl (C=O) groups is 2. The lowest BCUT2D eigenvalue weighted by atomic mass is 10.1. The van der Waals surface area contributed by atoms with E-state index in [1.54, 1.807) is 30.3 Å². The van der Waals surface area contributed by atoms with Crippen molar-refractivity contribution in [3.05, 3.63) is 65.2 Å². The van der Waals surface area contributed by atoms with E-state index in [1.165, 1.54) is 0 Å². The third-order valence-electron chi connectivity index (χ3n) is 3.70. The van der Waals surface area contributed by atoms with Crippen LogP contribution in [-0.2, 0) is 0 Å². The predicted molar refractivity (Wildman–Crippen MR) is 84.5 cm³/mol. The lowest BCUT2D eigenvalue weighted by Gasteiger charge is -2.19. The normalized spacial score (nSPS) is 14.8. The number of aliphatic hydroxyl groups excluding tert-OH is 1. The summed E-state index contributed by atoms with van der Waals surface area (Å²) in [5.74, 6) is -0.105. The quantitative estimate of drug-likeness (QED) is 0.858. The van der Waals surface area contributed by atoms with Gasteiger partial charge in [-0.1, -0.05) is 24.3 Å². The van der Waals surface area contributed by atoms with Crippen molar-refractivity contribution in [2.45, 2.75) is 13.0 Å². The Morgan fingerprint density at radius 2 is 1.70 bits per heavy atom. The van der Waals surface area contributed by atoms with Crippen molar-refractivity contribution in [3.63, 3.8) is 0 Å². The Hall–Kier alpha value is -2.66. The molecule has 1 N–H and O–H groups in total. The van der Waals surface area contributed by atoms with Crippen LogP contribution >= 0.6 is 0 Å². The van der Waals surface area contributed by atoms with E-state index in [0.29, 0.717) is 16.9 Å². The lowest BCUT2D eigenvalue weighted by Crippen LogP contribution is -2.39. The Morgan fingerprint density at radius 1 is 1.04 bits per heavy atom. The highest BCUT2D eigenvalue weighted by molar-refractivity contribution is 6.21. The van der Waals surface area contributed by atoms with E-state index < -0.39 is 6.10 Å². The van der Waals surface area contributed by atoms with Gasteiger partial charge in [-0.15, -0.1) is 0 Å². The van der Waals surface area contributed by atoms with Crippen molar-refractivity contribution in [2.24, 2.45) is 0 Å². The van der Waals surface area contributed by atoms with Crippen molar-refractivity contribution in [1.29, 1.82) is 0 Å². The number of carbonyl (C=O) groups excluding carboxylic acids is 2. The molecular weight excluding hydrogens is 294 g/mol. The van der Waals surface area contributed by atoms with Gasteiger partial charge in [0, 0.05) is 0 Å². The first kappa shape index (κ1) is 15.2. The van der Waals surface area contributed by atoms with Gasteiger partial charge in [-0.3, -0.25) is 14.5 Å². The number of nitrogens with zero attached hydrogens (tertiary/aromatic N) is 1. The van der Waals surface area contributed by atoms with Crippen LogP contribution in [0.5, 0.6) is 5.75 Å². The number of aliphatic hydroxyl groups is 1. The minimum Gasteiger partial charge on any atom is -0.491 e. The number of ether oxygens (including phenoxy) is 1. The number of hydrogen-bond donors (Lipinski definition) is 1. The molecule has 0 aliphatic carbocycles. The number of fused-ring (bicyclic) bond motifs is 1. The predicted octanol–water partition coefficient (Wildman–Crippen LogP) is 2.03. The Morgan fingerprint density at radius 3 is 2.30 bits per heavy atom. The highest BCUT2D eigenvalue weighted by atomic mass is 16.5. The van der Waals surface area contributed by atoms with Gasteiger partial charge in [-0.05, 0) is 36.8 Å². The first-order chi connectivity index (χ1) is 11.1. The maximum absolute atomic E-state index is 12.2. The summed E-state index contributed by atoms with van der Waals surface area (Å²) in [6.45, 7) is 1.87. The van der Waals surface area contributed by atoms with Crippen LogP contribution in [0.15, 0.2) is 48.5 Å². The van der Waals surface area contributed by atoms with Gasteiger partial charge in [0.1, 0.15) is 18.5 Å². The van der Waals surface area contributed by atoms with Crippen LogP contribution in [0, 0.1) is 6.92 Å². The van der Waals surface area contributed by atoms with E-state index in [4.69, 9.17) is 4.74 Å². The van der Waals surface area contributed by atoms with E-state index in [1.807, 2.05) is 25.1 Å². The molecule has 0 saturated carbocycles. The molecule has 5 heteroatoms. The van der Waals surface area contributed by atoms with Gasteiger partial charge in [0.25, 0.3) is 11.8 Å². The van der Waals surface area contributed by atoms with Crippen LogP contribution in [0.2, 0.25) is 0 Å². The molecule has 1 aliphatic rings. The molecule has 1 heterocycles. The summed E-state index contributed by atoms with van der Waals surface area (Å²) in [5, 5.41) is 10.1. The van der Waals surface area contributed by atoms with Gasteiger partial charge in [0.15, 0.2) is 0 Å². The van der Waals surface area contributed by atoms with Crippen molar-refractivity contribution < 1.29 is 19.4 Å². The number of rotatable bonds is 5. The number of β-amino-alcohol motifs (C(OH)–C–C–N with tert-alkyl or cyclic N) is 1. The molecule has 0 fully saturated rings. The third-order valence-corrected chi connectivity index (χ3v) is 3.70. The SMILES string of the molecule is Cc1cccc(OC[C@@H](O)CN2C(=O)c3ccccc3C2=O)c1. The minimum absolute atomic E-state index is 0.0108. The fraction of sp³-hybridized carbons (Fsp3) is 0.222. The molecule has 0 unspecified atom stereocenters. The number of aryl methyl sites for hydroxylation is 1. The molecule has 2 aromatic rings. The van der Waals surface area contributed by atoms with E-state index in [0.717, 1.165) is 10.5 Å². The Kier molecular flexibility index (Phi) is 4.12. The smallest absolute Gasteiger partial charge is 0.261 e. The molecular formula is C18H17NO4. The number of amides is 2. The van der Waals surface area contributed by atoms with Crippen LogP contribution in [0.3, 0.4) is 0 Å². The molecule has 0 spiro atoms. The van der Waals surface area contributed by atoms with Gasteiger partial charge in [-0.25, -0.2) is 0 Å². The molecule has 1 atom stereocenters. The van der Waals surface area contributed by atoms with Crippen LogP contribution in [0.25, 0.3) is 0 Å². The first-order valence-electron chi connectivity index (χ1n) is 7.39. The molecule has 23 heavy (non-hydrogen) atoms. The van der Waals surface area contributed by atoms with Crippen LogP contribution in [0.4, 0.5) is 0 Å². The van der Waals surface area contributed by atoms with E-state index in [2.05, 4.69) is 0 Å². The Labute approximate surface area is 134 Å². The largest absolute Gasteiger partial charge is 0.491 e. The van der Waals surface area contributed by atoms with Crippen LogP contribution in [-0.4, -0.2) is 41.1 Å². The maximum Gasteiger partial charge on any atom is 0.261 e. The van der Waals surface area contributed by atoms with Gasteiger partial charge in [0.2, 0.25) is 0 Å². The maximum atomic E-state index is 12.2. The van der Waals surface area contributed by atoms with Crippen LogP contribution < -0.4 is 4.74 Å².